The number of rotatable bonds is 3. The summed E-state index contributed by atoms with van der Waals surface area (Å²) in [5.41, 5.74) is 8.17. The Morgan fingerprint density at radius 3 is 2.32 bits per heavy atom. The molecule has 19 heavy (non-hydrogen) atoms. The number of aliphatic hydroxyl groups excluding tert-OH is 1. The number of halogens is 1. The fraction of sp³-hybridized carbons (Fsp3) is 0.333. The highest BCUT2D eigenvalue weighted by molar-refractivity contribution is 9.10. The van der Waals surface area contributed by atoms with E-state index in [0.717, 1.165) is 12.8 Å². The fourth-order valence-corrected chi connectivity index (χ4v) is 3.27. The van der Waals surface area contributed by atoms with Crippen LogP contribution in [0.25, 0.3) is 0 Å². The molecule has 3 N–H and O–H groups in total. The second-order valence-electron chi connectivity index (χ2n) is 5.23. The molecule has 1 heterocycles. The molecule has 0 fully saturated rings. The van der Waals surface area contributed by atoms with Gasteiger partial charge in [-0.1, -0.05) is 24.3 Å². The van der Waals surface area contributed by atoms with Gasteiger partial charge in [0.2, 0.25) is 0 Å². The normalized spacial score (nSPS) is 18.3. The first kappa shape index (κ1) is 12.9. The number of furan rings is 1. The molecule has 1 aliphatic carbocycles. The van der Waals surface area contributed by atoms with Crippen LogP contribution in [0.2, 0.25) is 0 Å². The summed E-state index contributed by atoms with van der Waals surface area (Å²) in [5.74, 6) is 0.574. The Balaban J connectivity index is 1.94. The van der Waals surface area contributed by atoms with Gasteiger partial charge in [-0.3, -0.25) is 0 Å². The van der Waals surface area contributed by atoms with Gasteiger partial charge in [0.15, 0.2) is 4.67 Å². The highest BCUT2D eigenvalue weighted by Crippen LogP contribution is 2.45. The predicted molar refractivity (Wildman–Crippen MR) is 76.7 cm³/mol. The van der Waals surface area contributed by atoms with Gasteiger partial charge in [0.25, 0.3) is 0 Å². The molecule has 0 radical (unpaired) electrons. The van der Waals surface area contributed by atoms with E-state index in [2.05, 4.69) is 28.1 Å². The van der Waals surface area contributed by atoms with Crippen LogP contribution in [0.15, 0.2) is 45.5 Å². The van der Waals surface area contributed by atoms with Gasteiger partial charge in [-0.25, -0.2) is 0 Å². The summed E-state index contributed by atoms with van der Waals surface area (Å²) in [6.07, 6.45) is 0.898. The Morgan fingerprint density at radius 2 is 1.84 bits per heavy atom. The number of benzene rings is 1. The first-order valence-electron chi connectivity index (χ1n) is 6.35. The lowest BCUT2D eigenvalue weighted by molar-refractivity contribution is 0.0182. The number of nitrogens with two attached hydrogens (primary N) is 1. The minimum Gasteiger partial charge on any atom is -0.452 e. The van der Waals surface area contributed by atoms with Gasteiger partial charge in [0, 0.05) is 12.0 Å². The molecular formula is C15H16BrNO2. The first-order valence-corrected chi connectivity index (χ1v) is 7.14. The van der Waals surface area contributed by atoms with Crippen LogP contribution in [0.1, 0.15) is 23.0 Å². The van der Waals surface area contributed by atoms with Gasteiger partial charge in [0.05, 0.1) is 0 Å². The Morgan fingerprint density at radius 1 is 1.21 bits per heavy atom. The molecule has 0 amide bonds. The molecule has 1 atom stereocenters. The summed E-state index contributed by atoms with van der Waals surface area (Å²) in [5, 5.41) is 10.7. The lowest BCUT2D eigenvalue weighted by Crippen LogP contribution is -2.37. The highest BCUT2D eigenvalue weighted by atomic mass is 79.9. The standard InChI is InChI=1S/C15H16BrNO2/c16-13-6-5-12(19-13)14(18)15(9-17)7-10-3-1-2-4-11(10)8-15/h1-6,14,18H,7-9,17H2. The van der Waals surface area contributed by atoms with Crippen molar-refractivity contribution < 1.29 is 9.52 Å². The average molecular weight is 322 g/mol. The average Bonchev–Trinajstić information content (AvgIpc) is 3.01. The number of fused-ring (bicyclic) bond motifs is 1. The largest absolute Gasteiger partial charge is 0.452 e. The highest BCUT2D eigenvalue weighted by Gasteiger charge is 2.44. The summed E-state index contributed by atoms with van der Waals surface area (Å²) in [6.45, 7) is 0.432. The number of hydrogen-bond acceptors (Lipinski definition) is 3. The fourth-order valence-electron chi connectivity index (χ4n) is 2.95. The van der Waals surface area contributed by atoms with E-state index in [1.54, 1.807) is 12.1 Å². The van der Waals surface area contributed by atoms with Crippen LogP contribution < -0.4 is 5.73 Å². The molecular weight excluding hydrogens is 306 g/mol. The summed E-state index contributed by atoms with van der Waals surface area (Å²) < 4.78 is 6.12. The molecule has 3 nitrogen and oxygen atoms in total. The maximum absolute atomic E-state index is 10.7. The third-order valence-electron chi connectivity index (χ3n) is 4.05. The van der Waals surface area contributed by atoms with Crippen LogP contribution in [0.3, 0.4) is 0 Å². The zero-order chi connectivity index (χ0) is 13.5. The molecule has 1 aromatic heterocycles. The zero-order valence-corrected chi connectivity index (χ0v) is 12.1. The minimum absolute atomic E-state index is 0.360. The lowest BCUT2D eigenvalue weighted by Gasteiger charge is -2.31. The summed E-state index contributed by atoms with van der Waals surface area (Å²) in [6, 6.07) is 11.9. The second-order valence-corrected chi connectivity index (χ2v) is 6.01. The van der Waals surface area contributed by atoms with Crippen LogP contribution in [0, 0.1) is 5.41 Å². The third kappa shape index (κ3) is 2.14. The molecule has 2 aromatic rings. The Kier molecular flexibility index (Phi) is 3.25. The van der Waals surface area contributed by atoms with Crippen LogP contribution in [-0.2, 0) is 12.8 Å². The summed E-state index contributed by atoms with van der Waals surface area (Å²) in [4.78, 5) is 0. The van der Waals surface area contributed by atoms with Gasteiger partial charge >= 0.3 is 0 Å². The molecule has 0 bridgehead atoms. The maximum Gasteiger partial charge on any atom is 0.169 e. The van der Waals surface area contributed by atoms with Crippen molar-refractivity contribution in [1.82, 2.24) is 0 Å². The molecule has 1 aliphatic rings. The lowest BCUT2D eigenvalue weighted by atomic mass is 9.78. The first-order chi connectivity index (χ1) is 9.14. The van der Waals surface area contributed by atoms with E-state index in [0.29, 0.717) is 17.0 Å². The van der Waals surface area contributed by atoms with Gasteiger partial charge in [-0.05, 0) is 52.0 Å². The van der Waals surface area contributed by atoms with E-state index in [1.165, 1.54) is 11.1 Å². The minimum atomic E-state index is -0.684. The summed E-state index contributed by atoms with van der Waals surface area (Å²) >= 11 is 3.27. The Bertz CT molecular complexity index is 568. The number of hydrogen-bond donors (Lipinski definition) is 2. The quantitative estimate of drug-likeness (QED) is 0.913. The molecule has 100 valence electrons. The van der Waals surface area contributed by atoms with Gasteiger partial charge in [-0.15, -0.1) is 0 Å². The van der Waals surface area contributed by atoms with Gasteiger partial charge < -0.3 is 15.3 Å². The van der Waals surface area contributed by atoms with Crippen LogP contribution in [-0.4, -0.2) is 11.7 Å². The third-order valence-corrected chi connectivity index (χ3v) is 4.48. The van der Waals surface area contributed by atoms with Crippen LogP contribution in [0.4, 0.5) is 0 Å². The number of aliphatic hydroxyl groups is 1. The molecule has 0 aliphatic heterocycles. The summed E-state index contributed by atoms with van der Waals surface area (Å²) in [7, 11) is 0. The van der Waals surface area contributed by atoms with Crippen LogP contribution >= 0.6 is 15.9 Å². The zero-order valence-electron chi connectivity index (χ0n) is 10.5. The van der Waals surface area contributed by atoms with E-state index in [-0.39, 0.29) is 5.41 Å². The maximum atomic E-state index is 10.7. The molecule has 0 saturated heterocycles. The Labute approximate surface area is 120 Å². The van der Waals surface area contributed by atoms with Gasteiger partial charge in [-0.2, -0.15) is 0 Å². The van der Waals surface area contributed by atoms with Gasteiger partial charge in [0.1, 0.15) is 11.9 Å². The molecule has 1 aromatic carbocycles. The van der Waals surface area contributed by atoms with Crippen molar-refractivity contribution in [3.05, 3.63) is 58.0 Å². The van der Waals surface area contributed by atoms with E-state index in [9.17, 15) is 5.11 Å². The SMILES string of the molecule is NCC1(C(O)c2ccc(Br)o2)Cc2ccccc2C1. The van der Waals surface area contributed by atoms with Crippen molar-refractivity contribution in [3.8, 4) is 0 Å². The smallest absolute Gasteiger partial charge is 0.169 e. The van der Waals surface area contributed by atoms with E-state index < -0.39 is 6.10 Å². The molecule has 0 spiro atoms. The topological polar surface area (TPSA) is 59.4 Å². The molecule has 4 heteroatoms. The second kappa shape index (κ2) is 4.78. The van der Waals surface area contributed by atoms with E-state index in [4.69, 9.17) is 10.2 Å². The van der Waals surface area contributed by atoms with Crippen molar-refractivity contribution >= 4 is 15.9 Å². The van der Waals surface area contributed by atoms with Crippen molar-refractivity contribution in [3.63, 3.8) is 0 Å². The van der Waals surface area contributed by atoms with E-state index >= 15 is 0 Å². The monoisotopic (exact) mass is 321 g/mol. The molecule has 0 saturated carbocycles. The Hall–Kier alpha value is -1.10. The molecule has 1 unspecified atom stereocenters. The van der Waals surface area contributed by atoms with Crippen molar-refractivity contribution in [2.45, 2.75) is 18.9 Å². The van der Waals surface area contributed by atoms with Crippen molar-refractivity contribution in [2.24, 2.45) is 11.1 Å². The van der Waals surface area contributed by atoms with Crippen LogP contribution in [0.5, 0.6) is 0 Å². The van der Waals surface area contributed by atoms with E-state index in [1.807, 2.05) is 12.1 Å². The van der Waals surface area contributed by atoms with Crippen molar-refractivity contribution in [1.29, 1.82) is 0 Å². The molecule has 3 rings (SSSR count). The predicted octanol–water partition coefficient (Wildman–Crippen LogP) is 2.82. The van der Waals surface area contributed by atoms with Crippen molar-refractivity contribution in [2.75, 3.05) is 6.54 Å².